The fraction of sp³-hybridized carbons (Fsp3) is 0.614. The van der Waals surface area contributed by atoms with E-state index in [1.807, 2.05) is 33.8 Å². The highest BCUT2D eigenvalue weighted by Gasteiger charge is 2.36. The monoisotopic (exact) mass is 839 g/mol. The zero-order valence-electron chi connectivity index (χ0n) is 36.2. The first kappa shape index (κ1) is 51.1. The number of allylic oxidation sites excluding steroid dienone is 1. The number of nitrogens with one attached hydrogen (secondary N) is 3. The van der Waals surface area contributed by atoms with Gasteiger partial charge in [-0.3, -0.25) is 43.3 Å². The first-order valence-corrected chi connectivity index (χ1v) is 20.8. The van der Waals surface area contributed by atoms with Gasteiger partial charge in [0.15, 0.2) is 23.4 Å². The van der Waals surface area contributed by atoms with Crippen molar-refractivity contribution in [2.24, 2.45) is 46.2 Å². The molecule has 0 radical (unpaired) electrons. The summed E-state index contributed by atoms with van der Waals surface area (Å²) in [7, 11) is 0. The van der Waals surface area contributed by atoms with Gasteiger partial charge in [-0.25, -0.2) is 0 Å². The second-order valence-electron chi connectivity index (χ2n) is 17.1. The van der Waals surface area contributed by atoms with Gasteiger partial charge in [-0.05, 0) is 55.7 Å². The Morgan fingerprint density at radius 3 is 1.83 bits per heavy atom. The molecule has 16 heteroatoms. The second kappa shape index (κ2) is 24.9. The van der Waals surface area contributed by atoms with Gasteiger partial charge in [0, 0.05) is 68.2 Å². The number of aliphatic hydroxyl groups excluding tert-OH is 1. The number of Topliss-reactive ketones (excluding diaryl/α,β-unsaturated/α-hetero) is 4. The van der Waals surface area contributed by atoms with Crippen molar-refractivity contribution in [2.45, 2.75) is 130 Å². The maximum absolute atomic E-state index is 13.9. The number of carbonyl (C=O) groups is 8. The lowest BCUT2D eigenvalue weighted by Gasteiger charge is -2.27. The van der Waals surface area contributed by atoms with Crippen LogP contribution in [0.1, 0.15) is 105 Å². The van der Waals surface area contributed by atoms with Crippen LogP contribution in [-0.2, 0) is 44.8 Å². The molecule has 332 valence electrons. The predicted molar refractivity (Wildman–Crippen MR) is 225 cm³/mol. The quantitative estimate of drug-likeness (QED) is 0.0641. The molecule has 7 atom stereocenters. The normalized spacial score (nSPS) is 16.0. The fourth-order valence-corrected chi connectivity index (χ4v) is 6.80. The van der Waals surface area contributed by atoms with Crippen molar-refractivity contribution in [3.8, 4) is 5.75 Å². The maximum Gasteiger partial charge on any atom is 0.279 e. The van der Waals surface area contributed by atoms with Crippen LogP contribution in [0.15, 0.2) is 41.0 Å². The third-order valence-electron chi connectivity index (χ3n) is 10.7. The van der Waals surface area contributed by atoms with E-state index in [0.717, 1.165) is 5.56 Å². The van der Waals surface area contributed by atoms with Crippen LogP contribution in [0.25, 0.3) is 0 Å². The molecule has 1 aliphatic heterocycles. The highest BCUT2D eigenvalue weighted by Crippen LogP contribution is 2.22. The number of aromatic hydroxyl groups is 1. The van der Waals surface area contributed by atoms with E-state index in [9.17, 15) is 48.6 Å². The van der Waals surface area contributed by atoms with Crippen LogP contribution in [0, 0.1) is 35.5 Å². The number of ketones is 4. The van der Waals surface area contributed by atoms with Gasteiger partial charge in [0.1, 0.15) is 11.5 Å². The number of amides is 4. The van der Waals surface area contributed by atoms with Crippen molar-refractivity contribution in [1.82, 2.24) is 16.0 Å². The van der Waals surface area contributed by atoms with E-state index in [2.05, 4.69) is 26.7 Å². The summed E-state index contributed by atoms with van der Waals surface area (Å²) in [6, 6.07) is 2.44. The summed E-state index contributed by atoms with van der Waals surface area (Å²) in [4.78, 5) is 110. The molecular formula is C44H67N6O10+. The zero-order chi connectivity index (χ0) is 45.3. The Kier molecular flexibility index (Phi) is 21.2. The minimum atomic E-state index is -1.28. The third kappa shape index (κ3) is 17.3. The van der Waals surface area contributed by atoms with E-state index in [1.54, 1.807) is 32.2 Å². The maximum atomic E-state index is 13.9. The molecule has 10 N–H and O–H groups in total. The molecule has 60 heavy (non-hydrogen) atoms. The Morgan fingerprint density at radius 2 is 1.32 bits per heavy atom. The van der Waals surface area contributed by atoms with Gasteiger partial charge in [0.2, 0.25) is 17.7 Å². The molecule has 0 saturated heterocycles. The number of nitrogens with two attached hydrogens (primary N) is 1. The van der Waals surface area contributed by atoms with Gasteiger partial charge < -0.3 is 37.6 Å². The number of nitrogens with zero attached hydrogens (tertiary/aromatic N) is 1. The number of phenolic OH excluding ortho intramolecular Hbond substituents is 1. The summed E-state index contributed by atoms with van der Waals surface area (Å²) in [6.07, 6.45) is 3.19. The first-order chi connectivity index (χ1) is 28.1. The van der Waals surface area contributed by atoms with Gasteiger partial charge in [0.05, 0.1) is 30.7 Å². The largest absolute Gasteiger partial charge is 0.508 e. The summed E-state index contributed by atoms with van der Waals surface area (Å²) in [5, 5.41) is 28.1. The number of aliphatic hydroxyl groups is 1. The van der Waals surface area contributed by atoms with Crippen LogP contribution in [0.3, 0.4) is 0 Å². The van der Waals surface area contributed by atoms with Gasteiger partial charge in [-0.2, -0.15) is 0 Å². The van der Waals surface area contributed by atoms with Gasteiger partial charge >= 0.3 is 0 Å². The van der Waals surface area contributed by atoms with E-state index in [1.165, 1.54) is 19.1 Å². The average Bonchev–Trinajstić information content (AvgIpc) is 3.69. The molecule has 0 saturated carbocycles. The van der Waals surface area contributed by atoms with Crippen molar-refractivity contribution in [2.75, 3.05) is 6.61 Å². The lowest BCUT2D eigenvalue weighted by molar-refractivity contribution is -0.414. The van der Waals surface area contributed by atoms with E-state index in [0.29, 0.717) is 12.1 Å². The lowest BCUT2D eigenvalue weighted by atomic mass is 9.86. The van der Waals surface area contributed by atoms with E-state index in [4.69, 9.17) is 5.73 Å². The molecule has 0 aliphatic carbocycles. The SMILES string of the molecule is CC(=O)C(CC(=O)C(CC(C)C)NC(=O)C(CCC(N)=O)CC(=O)C(NC(=O)C(CO)CC(=O)C(CC1=CCC=N1)NC(=O)C([NH3+])C(C)C)C(C)C)Cc1ccc(O)cc1. The molecule has 1 heterocycles. The Hall–Kier alpha value is -5.09. The summed E-state index contributed by atoms with van der Waals surface area (Å²) < 4.78 is 0. The van der Waals surface area contributed by atoms with Crippen molar-refractivity contribution in [3.63, 3.8) is 0 Å². The molecule has 0 spiro atoms. The Bertz CT molecular complexity index is 1740. The Labute approximate surface area is 353 Å². The number of phenols is 1. The number of quaternary nitrogens is 1. The Balaban J connectivity index is 2.25. The molecular weight excluding hydrogens is 773 g/mol. The van der Waals surface area contributed by atoms with E-state index >= 15 is 0 Å². The summed E-state index contributed by atoms with van der Waals surface area (Å²) in [6.45, 7) is 11.4. The number of hydrogen-bond donors (Lipinski definition) is 7. The standard InChI is InChI=1S/C44H66N6O10/c1-24(2)17-34(36(54)20-30(27(7)52)18-28-10-13-33(53)14-11-28)48-42(58)29(12-15-39(45)57)19-38(56)41(26(5)6)50-43(59)31(23-51)21-37(55)35(22-32-9-8-16-47-32)49-44(60)40(46)25(3)4/h9-11,13-14,16,24-26,29-31,34-35,40-41,51,53H,8,12,15,17-23,46H2,1-7H3,(H2,45,57)(H,48,58)(H,49,60)(H,50,59)/p+1. The minimum absolute atomic E-state index is 0.0508. The smallest absolute Gasteiger partial charge is 0.279 e. The van der Waals surface area contributed by atoms with Crippen molar-refractivity contribution < 1.29 is 54.3 Å². The first-order valence-electron chi connectivity index (χ1n) is 20.8. The summed E-state index contributed by atoms with van der Waals surface area (Å²) in [5.74, 6) is -7.99. The molecule has 0 aromatic heterocycles. The molecule has 1 aromatic rings. The topological polar surface area (TPSA) is 279 Å². The molecule has 4 amide bonds. The molecule has 1 aliphatic rings. The van der Waals surface area contributed by atoms with Gasteiger partial charge in [-0.15, -0.1) is 0 Å². The lowest BCUT2D eigenvalue weighted by Crippen LogP contribution is -2.70. The predicted octanol–water partition coefficient (Wildman–Crippen LogP) is 1.68. The highest BCUT2D eigenvalue weighted by atomic mass is 16.3. The van der Waals surface area contributed by atoms with Crippen LogP contribution in [0.5, 0.6) is 5.75 Å². The number of benzene rings is 1. The zero-order valence-corrected chi connectivity index (χ0v) is 36.2. The van der Waals surface area contributed by atoms with Gasteiger partial charge in [0.25, 0.3) is 5.91 Å². The van der Waals surface area contributed by atoms with Gasteiger partial charge in [-0.1, -0.05) is 59.8 Å². The van der Waals surface area contributed by atoms with Crippen molar-refractivity contribution >= 4 is 53.0 Å². The van der Waals surface area contributed by atoms with Crippen LogP contribution in [0.4, 0.5) is 0 Å². The number of primary amides is 1. The van der Waals surface area contributed by atoms with E-state index in [-0.39, 0.29) is 67.7 Å². The summed E-state index contributed by atoms with van der Waals surface area (Å²) >= 11 is 0. The average molecular weight is 840 g/mol. The number of hydrogen-bond acceptors (Lipinski definition) is 11. The molecule has 2 rings (SSSR count). The highest BCUT2D eigenvalue weighted by molar-refractivity contribution is 5.97. The number of rotatable bonds is 28. The van der Waals surface area contributed by atoms with Crippen molar-refractivity contribution in [1.29, 1.82) is 0 Å². The second-order valence-corrected chi connectivity index (χ2v) is 17.1. The van der Waals surface area contributed by atoms with Crippen LogP contribution >= 0.6 is 0 Å². The summed E-state index contributed by atoms with van der Waals surface area (Å²) in [5.41, 5.74) is 10.6. The molecule has 0 fully saturated rings. The Morgan fingerprint density at radius 1 is 0.750 bits per heavy atom. The fourth-order valence-electron chi connectivity index (χ4n) is 6.80. The minimum Gasteiger partial charge on any atom is -0.508 e. The molecule has 1 aromatic carbocycles. The van der Waals surface area contributed by atoms with E-state index < -0.39 is 102 Å². The molecule has 16 nitrogen and oxygen atoms in total. The third-order valence-corrected chi connectivity index (χ3v) is 10.7. The van der Waals surface area contributed by atoms with Crippen molar-refractivity contribution in [3.05, 3.63) is 41.6 Å². The molecule has 7 unspecified atom stereocenters. The van der Waals surface area contributed by atoms with Crippen LogP contribution < -0.4 is 27.4 Å². The molecule has 0 bridgehead atoms. The van der Waals surface area contributed by atoms with Crippen LogP contribution in [0.2, 0.25) is 0 Å². The number of aliphatic imine (C=N–C) groups is 1. The van der Waals surface area contributed by atoms with Crippen LogP contribution in [-0.4, -0.2) is 94.0 Å². The number of carbonyl (C=O) groups excluding carboxylic acids is 8.